The fraction of sp³-hybridized carbons (Fsp3) is 0.143. The Morgan fingerprint density at radius 2 is 1.79 bits per heavy atom. The van der Waals surface area contributed by atoms with Gasteiger partial charge in [0.05, 0.1) is 12.7 Å². The van der Waals surface area contributed by atoms with Crippen LogP contribution in [-0.2, 0) is 0 Å². The van der Waals surface area contributed by atoms with Crippen molar-refractivity contribution in [1.82, 2.24) is 0 Å². The normalized spacial score (nSPS) is 12.3. The first-order chi connectivity index (χ1) is 9.02. The van der Waals surface area contributed by atoms with Gasteiger partial charge in [0.1, 0.15) is 23.5 Å². The van der Waals surface area contributed by atoms with Gasteiger partial charge in [-0.15, -0.1) is 0 Å². The molecule has 0 radical (unpaired) electrons. The summed E-state index contributed by atoms with van der Waals surface area (Å²) in [6.07, 6.45) is -1.39. The van der Waals surface area contributed by atoms with E-state index in [0.29, 0.717) is 11.3 Å². The predicted molar refractivity (Wildman–Crippen MR) is 71.1 cm³/mol. The Kier molecular flexibility index (Phi) is 4.17. The number of hydrogen-bond acceptors (Lipinski definition) is 2. The standard InChI is InChI=1S/C14H11BrF2O2/c1-19-10-4-2-3-8(5-10)14(18)13-11(16)6-9(15)7-12(13)17/h2-7,14,18H,1H3. The molecule has 0 spiro atoms. The molecule has 2 nitrogen and oxygen atoms in total. The van der Waals surface area contributed by atoms with Crippen LogP contribution in [0.25, 0.3) is 0 Å². The number of aliphatic hydroxyl groups excluding tert-OH is 1. The molecule has 0 bridgehead atoms. The van der Waals surface area contributed by atoms with Gasteiger partial charge in [-0.25, -0.2) is 8.78 Å². The van der Waals surface area contributed by atoms with Crippen LogP contribution in [0.4, 0.5) is 8.78 Å². The number of aliphatic hydroxyl groups is 1. The molecule has 0 aliphatic carbocycles. The Labute approximate surface area is 117 Å². The van der Waals surface area contributed by atoms with Crippen LogP contribution in [0.3, 0.4) is 0 Å². The van der Waals surface area contributed by atoms with E-state index < -0.39 is 17.7 Å². The van der Waals surface area contributed by atoms with Crippen molar-refractivity contribution in [3.8, 4) is 5.75 Å². The van der Waals surface area contributed by atoms with Crippen LogP contribution < -0.4 is 4.74 Å². The SMILES string of the molecule is COc1cccc(C(O)c2c(F)cc(Br)cc2F)c1. The fourth-order valence-electron chi connectivity index (χ4n) is 1.79. The van der Waals surface area contributed by atoms with Gasteiger partial charge in [-0.2, -0.15) is 0 Å². The van der Waals surface area contributed by atoms with Gasteiger partial charge in [0.2, 0.25) is 0 Å². The minimum Gasteiger partial charge on any atom is -0.497 e. The lowest BCUT2D eigenvalue weighted by Crippen LogP contribution is -2.06. The number of ether oxygens (including phenoxy) is 1. The van der Waals surface area contributed by atoms with E-state index in [0.717, 1.165) is 12.1 Å². The van der Waals surface area contributed by atoms with Crippen molar-refractivity contribution < 1.29 is 18.6 Å². The van der Waals surface area contributed by atoms with Crippen LogP contribution >= 0.6 is 15.9 Å². The highest BCUT2D eigenvalue weighted by molar-refractivity contribution is 9.10. The molecule has 0 saturated heterocycles. The Hall–Kier alpha value is -1.46. The molecule has 0 aromatic heterocycles. The van der Waals surface area contributed by atoms with Crippen LogP contribution in [0.15, 0.2) is 40.9 Å². The maximum atomic E-state index is 13.8. The van der Waals surface area contributed by atoms with Crippen molar-refractivity contribution >= 4 is 15.9 Å². The second kappa shape index (κ2) is 5.67. The van der Waals surface area contributed by atoms with E-state index in [2.05, 4.69) is 15.9 Å². The second-order valence-electron chi connectivity index (χ2n) is 3.96. The third kappa shape index (κ3) is 2.93. The largest absolute Gasteiger partial charge is 0.497 e. The third-order valence-corrected chi connectivity index (χ3v) is 3.18. The van der Waals surface area contributed by atoms with Gasteiger partial charge in [0.15, 0.2) is 0 Å². The van der Waals surface area contributed by atoms with E-state index in [9.17, 15) is 13.9 Å². The fourth-order valence-corrected chi connectivity index (χ4v) is 2.19. The molecule has 100 valence electrons. The van der Waals surface area contributed by atoms with Gasteiger partial charge in [-0.05, 0) is 29.8 Å². The summed E-state index contributed by atoms with van der Waals surface area (Å²) in [6, 6.07) is 8.67. The maximum absolute atomic E-state index is 13.8. The Morgan fingerprint density at radius 1 is 1.16 bits per heavy atom. The summed E-state index contributed by atoms with van der Waals surface area (Å²) in [6.45, 7) is 0. The average Bonchev–Trinajstić information content (AvgIpc) is 2.37. The van der Waals surface area contributed by atoms with E-state index in [1.165, 1.54) is 13.2 Å². The van der Waals surface area contributed by atoms with Gasteiger partial charge in [-0.1, -0.05) is 28.1 Å². The highest BCUT2D eigenvalue weighted by Crippen LogP contribution is 2.30. The Morgan fingerprint density at radius 3 is 2.37 bits per heavy atom. The zero-order valence-corrected chi connectivity index (χ0v) is 11.6. The molecule has 2 rings (SSSR count). The van der Waals surface area contributed by atoms with Crippen molar-refractivity contribution in [2.75, 3.05) is 7.11 Å². The van der Waals surface area contributed by atoms with Crippen molar-refractivity contribution in [3.63, 3.8) is 0 Å². The molecular formula is C14H11BrF2O2. The van der Waals surface area contributed by atoms with Gasteiger partial charge in [-0.3, -0.25) is 0 Å². The molecule has 1 atom stereocenters. The lowest BCUT2D eigenvalue weighted by molar-refractivity contribution is 0.208. The van der Waals surface area contributed by atoms with E-state index in [4.69, 9.17) is 4.74 Å². The van der Waals surface area contributed by atoms with Gasteiger partial charge in [0.25, 0.3) is 0 Å². The molecule has 0 amide bonds. The van der Waals surface area contributed by atoms with Crippen molar-refractivity contribution in [1.29, 1.82) is 0 Å². The Balaban J connectivity index is 2.46. The number of halogens is 3. The summed E-state index contributed by atoms with van der Waals surface area (Å²) >= 11 is 2.99. The minimum absolute atomic E-state index is 0.282. The summed E-state index contributed by atoms with van der Waals surface area (Å²) < 4.78 is 32.8. The quantitative estimate of drug-likeness (QED) is 0.928. The molecule has 0 heterocycles. The maximum Gasteiger partial charge on any atom is 0.133 e. The van der Waals surface area contributed by atoms with Gasteiger partial charge < -0.3 is 9.84 Å². The number of hydrogen-bond donors (Lipinski definition) is 1. The van der Waals surface area contributed by atoms with Crippen molar-refractivity contribution in [2.45, 2.75) is 6.10 Å². The minimum atomic E-state index is -1.39. The first-order valence-electron chi connectivity index (χ1n) is 5.49. The third-order valence-electron chi connectivity index (χ3n) is 2.73. The first kappa shape index (κ1) is 14.0. The molecule has 1 unspecified atom stereocenters. The molecule has 0 saturated carbocycles. The van der Waals surface area contributed by atoms with E-state index >= 15 is 0 Å². The summed E-state index contributed by atoms with van der Waals surface area (Å²) in [5, 5.41) is 10.1. The highest BCUT2D eigenvalue weighted by atomic mass is 79.9. The van der Waals surface area contributed by atoms with Gasteiger partial charge >= 0.3 is 0 Å². The molecule has 5 heteroatoms. The molecule has 0 aliphatic heterocycles. The van der Waals surface area contributed by atoms with E-state index in [-0.39, 0.29) is 10.0 Å². The van der Waals surface area contributed by atoms with Crippen molar-refractivity contribution in [2.24, 2.45) is 0 Å². The van der Waals surface area contributed by atoms with E-state index in [1.54, 1.807) is 18.2 Å². The zero-order chi connectivity index (χ0) is 14.0. The molecule has 2 aromatic rings. The highest BCUT2D eigenvalue weighted by Gasteiger charge is 2.20. The van der Waals surface area contributed by atoms with Crippen LogP contribution in [0, 0.1) is 11.6 Å². The monoisotopic (exact) mass is 328 g/mol. The van der Waals surface area contributed by atoms with Crippen LogP contribution in [0.5, 0.6) is 5.75 Å². The van der Waals surface area contributed by atoms with Gasteiger partial charge in [0, 0.05) is 4.47 Å². The summed E-state index contributed by atoms with van der Waals surface area (Å²) in [5.41, 5.74) is -0.0177. The Bertz CT molecular complexity index is 579. The van der Waals surface area contributed by atoms with Crippen LogP contribution in [0.2, 0.25) is 0 Å². The number of methoxy groups -OCH3 is 1. The first-order valence-corrected chi connectivity index (χ1v) is 6.28. The van der Waals surface area contributed by atoms with Crippen molar-refractivity contribution in [3.05, 3.63) is 63.6 Å². The molecule has 2 aromatic carbocycles. The molecule has 0 aliphatic rings. The second-order valence-corrected chi connectivity index (χ2v) is 4.88. The zero-order valence-electron chi connectivity index (χ0n) is 10.0. The summed E-state index contributed by atoms with van der Waals surface area (Å²) in [7, 11) is 1.48. The smallest absolute Gasteiger partial charge is 0.133 e. The molecule has 19 heavy (non-hydrogen) atoms. The lowest BCUT2D eigenvalue weighted by Gasteiger charge is -2.14. The lowest BCUT2D eigenvalue weighted by atomic mass is 10.0. The number of rotatable bonds is 3. The number of benzene rings is 2. The molecular weight excluding hydrogens is 318 g/mol. The molecule has 1 N–H and O–H groups in total. The van der Waals surface area contributed by atoms with E-state index in [1.807, 2.05) is 0 Å². The average molecular weight is 329 g/mol. The van der Waals surface area contributed by atoms with Crippen LogP contribution in [-0.4, -0.2) is 12.2 Å². The van der Waals surface area contributed by atoms with Crippen LogP contribution in [0.1, 0.15) is 17.2 Å². The predicted octanol–water partition coefficient (Wildman–Crippen LogP) is 3.82. The molecule has 0 fully saturated rings. The summed E-state index contributed by atoms with van der Waals surface area (Å²) in [5.74, 6) is -1.10. The topological polar surface area (TPSA) is 29.5 Å². The summed E-state index contributed by atoms with van der Waals surface area (Å²) in [4.78, 5) is 0.